The van der Waals surface area contributed by atoms with E-state index in [0.717, 1.165) is 0 Å². The maximum absolute atomic E-state index is 11.5. The van der Waals surface area contributed by atoms with Gasteiger partial charge in [0, 0.05) is 11.1 Å². The number of hydrogen-bond donors (Lipinski definition) is 2. The Morgan fingerprint density at radius 3 is 2.13 bits per heavy atom. The number of hydrogen-bond acceptors (Lipinski definition) is 6. The first-order valence-electron chi connectivity index (χ1n) is 6.13. The molecular weight excluding hydrogens is 316 g/mol. The molecule has 0 spiro atoms. The predicted molar refractivity (Wildman–Crippen MR) is 81.3 cm³/mol. The summed E-state index contributed by atoms with van der Waals surface area (Å²) in [5.74, 6) is 0. The summed E-state index contributed by atoms with van der Waals surface area (Å²) in [7, 11) is -4.49. The van der Waals surface area contributed by atoms with E-state index in [2.05, 4.69) is 5.32 Å². The quantitative estimate of drug-likeness (QED) is 0.652. The molecule has 7 nitrogen and oxygen atoms in total. The van der Waals surface area contributed by atoms with E-state index in [4.69, 9.17) is 15.8 Å². The van der Waals surface area contributed by atoms with Crippen LogP contribution in [0.2, 0.25) is 0 Å². The van der Waals surface area contributed by atoms with E-state index in [1.165, 1.54) is 18.2 Å². The molecule has 8 heteroatoms. The maximum atomic E-state index is 11.5. The van der Waals surface area contributed by atoms with Gasteiger partial charge in [0.2, 0.25) is 0 Å². The highest BCUT2D eigenvalue weighted by Gasteiger charge is 2.17. The van der Waals surface area contributed by atoms with Crippen LogP contribution in [0.3, 0.4) is 0 Å². The van der Waals surface area contributed by atoms with Crippen LogP contribution < -0.4 is 5.32 Å². The molecule has 112 valence electrons. The second-order valence-electron chi connectivity index (χ2n) is 4.35. The van der Waals surface area contributed by atoms with Gasteiger partial charge in [0.1, 0.15) is 28.8 Å². The molecule has 0 atom stereocenters. The van der Waals surface area contributed by atoms with Crippen molar-refractivity contribution in [1.29, 1.82) is 15.8 Å². The van der Waals surface area contributed by atoms with Gasteiger partial charge in [-0.15, -0.1) is 0 Å². The van der Waals surface area contributed by atoms with Gasteiger partial charge in [-0.05, 0) is 17.5 Å². The number of allylic oxidation sites excluding steroid dienone is 2. The highest BCUT2D eigenvalue weighted by Crippen LogP contribution is 2.31. The number of rotatable bonds is 3. The van der Waals surface area contributed by atoms with Crippen LogP contribution >= 0.6 is 0 Å². The molecule has 0 fully saturated rings. The highest BCUT2D eigenvalue weighted by atomic mass is 32.2. The van der Waals surface area contributed by atoms with E-state index in [0.29, 0.717) is 5.39 Å². The molecule has 0 saturated heterocycles. The molecule has 0 unspecified atom stereocenters. The summed E-state index contributed by atoms with van der Waals surface area (Å²) in [6.45, 7) is 0. The zero-order chi connectivity index (χ0) is 17.0. The summed E-state index contributed by atoms with van der Waals surface area (Å²) in [6.07, 6.45) is 0. The lowest BCUT2D eigenvalue weighted by Gasteiger charge is -2.11. The van der Waals surface area contributed by atoms with Crippen molar-refractivity contribution in [2.24, 2.45) is 0 Å². The number of fused-ring (bicyclic) bond motifs is 1. The first kappa shape index (κ1) is 16.0. The van der Waals surface area contributed by atoms with Crippen molar-refractivity contribution in [2.45, 2.75) is 4.90 Å². The van der Waals surface area contributed by atoms with Gasteiger partial charge in [-0.3, -0.25) is 4.55 Å². The Morgan fingerprint density at radius 2 is 1.61 bits per heavy atom. The van der Waals surface area contributed by atoms with Crippen molar-refractivity contribution in [1.82, 2.24) is 0 Å². The van der Waals surface area contributed by atoms with Crippen molar-refractivity contribution in [3.05, 3.63) is 47.7 Å². The third kappa shape index (κ3) is 3.12. The molecule has 0 aliphatic heterocycles. The monoisotopic (exact) mass is 324 g/mol. The summed E-state index contributed by atoms with van der Waals surface area (Å²) in [5, 5.41) is 30.0. The van der Waals surface area contributed by atoms with Crippen molar-refractivity contribution in [3.8, 4) is 18.2 Å². The molecular formula is C15H8N4O3S. The third-order valence-electron chi connectivity index (χ3n) is 2.99. The van der Waals surface area contributed by atoms with Crippen molar-refractivity contribution < 1.29 is 13.0 Å². The third-order valence-corrected chi connectivity index (χ3v) is 3.89. The fraction of sp³-hybridized carbons (Fsp3) is 0. The molecule has 0 aromatic heterocycles. The lowest BCUT2D eigenvalue weighted by atomic mass is 10.1. The number of benzene rings is 2. The van der Waals surface area contributed by atoms with Gasteiger partial charge in [0.05, 0.1) is 0 Å². The molecule has 23 heavy (non-hydrogen) atoms. The Bertz CT molecular complexity index is 1030. The second kappa shape index (κ2) is 6.17. The number of nitriles is 3. The maximum Gasteiger partial charge on any atom is 0.295 e. The van der Waals surface area contributed by atoms with Crippen LogP contribution in [0, 0.1) is 34.0 Å². The SMILES string of the molecule is N#CC(C#N)=C(C#N)Nc1cccc2cccc(S(=O)(=O)O)c12. The standard InChI is InChI=1S/C15H8N4O3S/c16-7-11(8-17)13(9-18)19-12-5-1-3-10-4-2-6-14(15(10)12)23(20,21)22/h1-6,19H,(H,20,21,22). The Balaban J connectivity index is 2.79. The summed E-state index contributed by atoms with van der Waals surface area (Å²) < 4.78 is 32.5. The minimum absolute atomic E-state index is 0.153. The van der Waals surface area contributed by atoms with Gasteiger partial charge in [-0.2, -0.15) is 24.2 Å². The average Bonchev–Trinajstić information content (AvgIpc) is 2.53. The van der Waals surface area contributed by atoms with Crippen molar-refractivity contribution >= 4 is 26.6 Å². The summed E-state index contributed by atoms with van der Waals surface area (Å²) in [5.41, 5.74) is -0.572. The molecule has 2 aromatic rings. The van der Waals surface area contributed by atoms with Gasteiger partial charge >= 0.3 is 0 Å². The Morgan fingerprint density at radius 1 is 1.00 bits per heavy atom. The Labute approximate surface area is 132 Å². The van der Waals surface area contributed by atoms with Crippen LogP contribution in [-0.4, -0.2) is 13.0 Å². The highest BCUT2D eigenvalue weighted by molar-refractivity contribution is 7.86. The largest absolute Gasteiger partial charge is 0.345 e. The van der Waals surface area contributed by atoms with Gasteiger partial charge in [0.25, 0.3) is 10.1 Å². The van der Waals surface area contributed by atoms with Gasteiger partial charge in [-0.25, -0.2) is 0 Å². The van der Waals surface area contributed by atoms with E-state index in [-0.39, 0.29) is 21.7 Å². The van der Waals surface area contributed by atoms with E-state index in [1.54, 1.807) is 36.4 Å². The smallest absolute Gasteiger partial charge is 0.295 e. The zero-order valence-electron chi connectivity index (χ0n) is 11.5. The van der Waals surface area contributed by atoms with Crippen LogP contribution in [-0.2, 0) is 10.1 Å². The predicted octanol–water partition coefficient (Wildman–Crippen LogP) is 2.32. The molecule has 0 heterocycles. The zero-order valence-corrected chi connectivity index (χ0v) is 12.3. The fourth-order valence-corrected chi connectivity index (χ4v) is 2.78. The molecule has 0 saturated carbocycles. The number of nitrogens with one attached hydrogen (secondary N) is 1. The number of anilines is 1. The molecule has 0 bridgehead atoms. The molecule has 2 N–H and O–H groups in total. The lowest BCUT2D eigenvalue weighted by molar-refractivity contribution is 0.484. The van der Waals surface area contributed by atoms with E-state index in [9.17, 15) is 13.0 Å². The van der Waals surface area contributed by atoms with Gasteiger partial charge in [-0.1, -0.05) is 24.3 Å². The molecule has 2 aromatic carbocycles. The topological polar surface area (TPSA) is 138 Å². The van der Waals surface area contributed by atoms with E-state index >= 15 is 0 Å². The number of nitrogens with zero attached hydrogens (tertiary/aromatic N) is 3. The van der Waals surface area contributed by atoms with Crippen LogP contribution in [0.15, 0.2) is 52.6 Å². The van der Waals surface area contributed by atoms with Gasteiger partial charge in [0.15, 0.2) is 5.57 Å². The van der Waals surface area contributed by atoms with Crippen molar-refractivity contribution in [3.63, 3.8) is 0 Å². The molecule has 0 amide bonds. The molecule has 2 rings (SSSR count). The fourth-order valence-electron chi connectivity index (χ4n) is 2.04. The summed E-state index contributed by atoms with van der Waals surface area (Å²) >= 11 is 0. The summed E-state index contributed by atoms with van der Waals surface area (Å²) in [4.78, 5) is -0.342. The Hall–Kier alpha value is -3.38. The van der Waals surface area contributed by atoms with Crippen molar-refractivity contribution in [2.75, 3.05) is 5.32 Å². The normalized spacial score (nSPS) is 10.2. The van der Waals surface area contributed by atoms with E-state index < -0.39 is 15.7 Å². The first-order valence-corrected chi connectivity index (χ1v) is 7.57. The average molecular weight is 324 g/mol. The second-order valence-corrected chi connectivity index (χ2v) is 5.74. The minimum atomic E-state index is -4.49. The molecule has 0 radical (unpaired) electrons. The molecule has 0 aliphatic carbocycles. The van der Waals surface area contributed by atoms with E-state index in [1.807, 2.05) is 0 Å². The van der Waals surface area contributed by atoms with Crippen LogP contribution in [0.25, 0.3) is 10.8 Å². The summed E-state index contributed by atoms with van der Waals surface area (Å²) in [6, 6.07) is 13.9. The lowest BCUT2D eigenvalue weighted by Crippen LogP contribution is -2.04. The van der Waals surface area contributed by atoms with Crippen LogP contribution in [0.4, 0.5) is 5.69 Å². The molecule has 0 aliphatic rings. The Kier molecular flexibility index (Phi) is 4.29. The van der Waals surface area contributed by atoms with Crippen LogP contribution in [0.1, 0.15) is 0 Å². The minimum Gasteiger partial charge on any atom is -0.345 e. The van der Waals surface area contributed by atoms with Crippen LogP contribution in [0.5, 0.6) is 0 Å². The van der Waals surface area contributed by atoms with Gasteiger partial charge < -0.3 is 5.32 Å². The first-order chi connectivity index (χ1) is 10.9.